The molecule has 0 amide bonds. The van der Waals surface area contributed by atoms with Gasteiger partial charge in [0.15, 0.2) is 0 Å². The molecule has 0 spiro atoms. The van der Waals surface area contributed by atoms with E-state index in [0.29, 0.717) is 11.6 Å². The van der Waals surface area contributed by atoms with Gasteiger partial charge in [0.25, 0.3) is 0 Å². The summed E-state index contributed by atoms with van der Waals surface area (Å²) in [6, 6.07) is 15.6. The van der Waals surface area contributed by atoms with E-state index < -0.39 is 0 Å². The predicted octanol–water partition coefficient (Wildman–Crippen LogP) is 4.16. The lowest BCUT2D eigenvalue weighted by atomic mass is 10.1. The average molecular weight is 398 g/mol. The van der Waals surface area contributed by atoms with Gasteiger partial charge in [0, 0.05) is 30.4 Å². The van der Waals surface area contributed by atoms with Crippen LogP contribution in [0.4, 0.5) is 0 Å². The number of hydrogen-bond acceptors (Lipinski definition) is 4. The molecule has 1 fully saturated rings. The average Bonchev–Trinajstić information content (AvgIpc) is 3.12. The number of aliphatic hydroxyl groups is 1. The molecule has 6 heteroatoms. The van der Waals surface area contributed by atoms with E-state index in [9.17, 15) is 5.11 Å². The van der Waals surface area contributed by atoms with Crippen molar-refractivity contribution < 1.29 is 9.84 Å². The first-order valence-corrected chi connectivity index (χ1v) is 9.90. The molecule has 0 radical (unpaired) electrons. The number of piperidine rings is 1. The van der Waals surface area contributed by atoms with Gasteiger partial charge in [0.1, 0.15) is 5.75 Å². The van der Waals surface area contributed by atoms with Crippen LogP contribution in [0.3, 0.4) is 0 Å². The molecular weight excluding hydrogens is 374 g/mol. The molecule has 1 aliphatic heterocycles. The van der Waals surface area contributed by atoms with Gasteiger partial charge in [-0.2, -0.15) is 5.10 Å². The van der Waals surface area contributed by atoms with Gasteiger partial charge in [-0.3, -0.25) is 4.90 Å². The molecule has 3 aromatic rings. The Labute approximate surface area is 170 Å². The molecule has 1 aromatic heterocycles. The minimum absolute atomic E-state index is 0.255. The van der Waals surface area contributed by atoms with E-state index in [2.05, 4.69) is 11.1 Å². The summed E-state index contributed by atoms with van der Waals surface area (Å²) in [5, 5.41) is 15.6. The van der Waals surface area contributed by atoms with Gasteiger partial charge in [0.05, 0.1) is 29.6 Å². The standard InChI is InChI=1S/C22H24ClN3O2/c1-28-19-10-8-17(9-11-19)26-14-16(13-25-12-4-5-18(27)15-25)22(24-26)20-6-2-3-7-21(20)23/h2-3,6-11,14,18,27H,4-5,12-13,15H2,1H3/t18-/m1/s1. The van der Waals surface area contributed by atoms with Gasteiger partial charge in [-0.05, 0) is 49.7 Å². The van der Waals surface area contributed by atoms with E-state index in [4.69, 9.17) is 21.4 Å². The van der Waals surface area contributed by atoms with E-state index in [0.717, 1.165) is 54.2 Å². The van der Waals surface area contributed by atoms with Crippen LogP contribution in [-0.4, -0.2) is 46.1 Å². The monoisotopic (exact) mass is 397 g/mol. The number of halogens is 1. The first-order chi connectivity index (χ1) is 13.6. The Hall–Kier alpha value is -2.34. The SMILES string of the molecule is COc1ccc(-n2cc(CN3CCC[C@@H](O)C3)c(-c3ccccc3Cl)n2)cc1. The van der Waals surface area contributed by atoms with Gasteiger partial charge in [0.2, 0.25) is 0 Å². The molecule has 0 bridgehead atoms. The summed E-state index contributed by atoms with van der Waals surface area (Å²) in [5.74, 6) is 0.810. The normalized spacial score (nSPS) is 17.6. The molecule has 5 nitrogen and oxygen atoms in total. The summed E-state index contributed by atoms with van der Waals surface area (Å²) in [7, 11) is 1.66. The van der Waals surface area contributed by atoms with Crippen molar-refractivity contribution in [3.05, 3.63) is 65.3 Å². The fourth-order valence-corrected chi connectivity index (χ4v) is 3.91. The summed E-state index contributed by atoms with van der Waals surface area (Å²) in [4.78, 5) is 2.28. The van der Waals surface area contributed by atoms with E-state index in [-0.39, 0.29) is 6.10 Å². The first kappa shape index (κ1) is 19.0. The third kappa shape index (κ3) is 4.07. The third-order valence-corrected chi connectivity index (χ3v) is 5.46. The van der Waals surface area contributed by atoms with Crippen LogP contribution < -0.4 is 4.74 Å². The molecule has 28 heavy (non-hydrogen) atoms. The molecule has 1 aliphatic rings. The van der Waals surface area contributed by atoms with Crippen molar-refractivity contribution in [1.82, 2.24) is 14.7 Å². The second-order valence-electron chi connectivity index (χ2n) is 7.16. The molecule has 1 atom stereocenters. The zero-order valence-corrected chi connectivity index (χ0v) is 16.6. The van der Waals surface area contributed by atoms with Crippen LogP contribution in [0.5, 0.6) is 5.75 Å². The number of β-amino-alcohol motifs (C(OH)–C–C–N with tert-alkyl or cyclic N) is 1. The van der Waals surface area contributed by atoms with E-state index in [1.165, 1.54) is 0 Å². The highest BCUT2D eigenvalue weighted by Crippen LogP contribution is 2.31. The lowest BCUT2D eigenvalue weighted by Crippen LogP contribution is -2.37. The van der Waals surface area contributed by atoms with Crippen molar-refractivity contribution in [1.29, 1.82) is 0 Å². The fourth-order valence-electron chi connectivity index (χ4n) is 3.69. The number of benzene rings is 2. The van der Waals surface area contributed by atoms with Crippen LogP contribution in [-0.2, 0) is 6.54 Å². The Kier molecular flexibility index (Phi) is 5.67. The van der Waals surface area contributed by atoms with Crippen LogP contribution in [0.25, 0.3) is 16.9 Å². The molecular formula is C22H24ClN3O2. The van der Waals surface area contributed by atoms with Crippen molar-refractivity contribution in [2.75, 3.05) is 20.2 Å². The number of aromatic nitrogens is 2. The predicted molar refractivity (Wildman–Crippen MR) is 111 cm³/mol. The number of nitrogens with zero attached hydrogens (tertiary/aromatic N) is 3. The Balaban J connectivity index is 1.71. The lowest BCUT2D eigenvalue weighted by Gasteiger charge is -2.29. The number of ether oxygens (including phenoxy) is 1. The Morgan fingerprint density at radius 2 is 1.96 bits per heavy atom. The maximum atomic E-state index is 10.0. The largest absolute Gasteiger partial charge is 0.497 e. The van der Waals surface area contributed by atoms with Crippen LogP contribution >= 0.6 is 11.6 Å². The van der Waals surface area contributed by atoms with E-state index >= 15 is 0 Å². The molecule has 146 valence electrons. The zero-order chi connectivity index (χ0) is 19.5. The topological polar surface area (TPSA) is 50.5 Å². The highest BCUT2D eigenvalue weighted by molar-refractivity contribution is 6.33. The Bertz CT molecular complexity index is 939. The Morgan fingerprint density at radius 1 is 1.18 bits per heavy atom. The minimum atomic E-state index is -0.255. The highest BCUT2D eigenvalue weighted by atomic mass is 35.5. The zero-order valence-electron chi connectivity index (χ0n) is 15.9. The smallest absolute Gasteiger partial charge is 0.119 e. The van der Waals surface area contributed by atoms with Gasteiger partial charge >= 0.3 is 0 Å². The highest BCUT2D eigenvalue weighted by Gasteiger charge is 2.21. The van der Waals surface area contributed by atoms with Crippen molar-refractivity contribution >= 4 is 11.6 Å². The summed E-state index contributed by atoms with van der Waals surface area (Å²) >= 11 is 6.47. The molecule has 1 saturated heterocycles. The number of methoxy groups -OCH3 is 1. The summed E-state index contributed by atoms with van der Waals surface area (Å²) < 4.78 is 7.13. The van der Waals surface area contributed by atoms with Crippen LogP contribution in [0.1, 0.15) is 18.4 Å². The maximum absolute atomic E-state index is 10.0. The molecule has 2 aromatic carbocycles. The molecule has 2 heterocycles. The van der Waals surface area contributed by atoms with Gasteiger partial charge in [-0.1, -0.05) is 29.8 Å². The molecule has 0 unspecified atom stereocenters. The quantitative estimate of drug-likeness (QED) is 0.702. The third-order valence-electron chi connectivity index (χ3n) is 5.13. The minimum Gasteiger partial charge on any atom is -0.497 e. The van der Waals surface area contributed by atoms with Crippen molar-refractivity contribution in [3.8, 4) is 22.7 Å². The fraction of sp³-hybridized carbons (Fsp3) is 0.318. The molecule has 4 rings (SSSR count). The molecule has 0 saturated carbocycles. The summed E-state index contributed by atoms with van der Waals surface area (Å²) in [5.41, 5.74) is 3.85. The second kappa shape index (κ2) is 8.35. The lowest BCUT2D eigenvalue weighted by molar-refractivity contribution is 0.0669. The van der Waals surface area contributed by atoms with E-state index in [1.807, 2.05) is 53.2 Å². The first-order valence-electron chi connectivity index (χ1n) is 9.52. The van der Waals surface area contributed by atoms with Crippen LogP contribution in [0, 0.1) is 0 Å². The molecule has 0 aliphatic carbocycles. The summed E-state index contributed by atoms with van der Waals surface area (Å²) in [6.45, 7) is 2.40. The Morgan fingerprint density at radius 3 is 2.68 bits per heavy atom. The summed E-state index contributed by atoms with van der Waals surface area (Å²) in [6.07, 6.45) is 3.68. The van der Waals surface area contributed by atoms with Gasteiger partial charge in [-0.15, -0.1) is 0 Å². The molecule has 1 N–H and O–H groups in total. The van der Waals surface area contributed by atoms with Gasteiger partial charge in [-0.25, -0.2) is 4.68 Å². The van der Waals surface area contributed by atoms with E-state index in [1.54, 1.807) is 7.11 Å². The number of hydrogen-bond donors (Lipinski definition) is 1. The maximum Gasteiger partial charge on any atom is 0.119 e. The van der Waals surface area contributed by atoms with Gasteiger partial charge < -0.3 is 9.84 Å². The van der Waals surface area contributed by atoms with Crippen molar-refractivity contribution in [2.24, 2.45) is 0 Å². The van der Waals surface area contributed by atoms with Crippen LogP contribution in [0.15, 0.2) is 54.7 Å². The van der Waals surface area contributed by atoms with Crippen molar-refractivity contribution in [2.45, 2.75) is 25.5 Å². The number of likely N-dealkylation sites (tertiary alicyclic amines) is 1. The number of rotatable bonds is 5. The van der Waals surface area contributed by atoms with Crippen molar-refractivity contribution in [3.63, 3.8) is 0 Å². The van der Waals surface area contributed by atoms with Crippen LogP contribution in [0.2, 0.25) is 5.02 Å². The number of aliphatic hydroxyl groups excluding tert-OH is 1. The second-order valence-corrected chi connectivity index (χ2v) is 7.56.